The Balaban J connectivity index is 1.66. The second kappa shape index (κ2) is 5.65. The molecule has 1 saturated heterocycles. The summed E-state index contributed by atoms with van der Waals surface area (Å²) in [5, 5.41) is 7.12. The third-order valence-electron chi connectivity index (χ3n) is 3.53. The molecule has 1 N–H and O–H groups in total. The Bertz CT molecular complexity index is 635. The normalized spacial score (nSPS) is 21.4. The van der Waals surface area contributed by atoms with Gasteiger partial charge in [-0.05, 0) is 44.0 Å². The summed E-state index contributed by atoms with van der Waals surface area (Å²) in [6.45, 7) is 1.99. The molecule has 1 fully saturated rings. The first-order valence-electron chi connectivity index (χ1n) is 7.04. The van der Waals surface area contributed by atoms with E-state index in [4.69, 9.17) is 4.74 Å². The lowest BCUT2D eigenvalue weighted by atomic mass is 10.1. The minimum absolute atomic E-state index is 0.0805. The molecule has 0 radical (unpaired) electrons. The summed E-state index contributed by atoms with van der Waals surface area (Å²) in [7, 11) is 1.83. The molecule has 2 heterocycles. The highest BCUT2D eigenvalue weighted by Gasteiger charge is 2.28. The molecule has 6 heteroatoms. The van der Waals surface area contributed by atoms with Crippen LogP contribution < -0.4 is 5.32 Å². The predicted octanol–water partition coefficient (Wildman–Crippen LogP) is 1.99. The zero-order chi connectivity index (χ0) is 14.8. The second-order valence-electron chi connectivity index (χ2n) is 5.32. The molecule has 1 amide bonds. The van der Waals surface area contributed by atoms with Gasteiger partial charge < -0.3 is 10.1 Å². The van der Waals surface area contributed by atoms with E-state index in [1.807, 2.05) is 38.2 Å². The van der Waals surface area contributed by atoms with Gasteiger partial charge in [-0.3, -0.25) is 9.48 Å². The molecule has 2 unspecified atom stereocenters. The molecule has 6 nitrogen and oxygen atoms in total. The maximum Gasteiger partial charge on any atom is 0.253 e. The number of amides is 1. The number of rotatable bonds is 3. The molecule has 2 atom stereocenters. The average molecular weight is 286 g/mol. The van der Waals surface area contributed by atoms with Crippen molar-refractivity contribution >= 4 is 11.6 Å². The first-order chi connectivity index (χ1) is 10.1. The topological polar surface area (TPSA) is 69.0 Å². The molecular weight excluding hydrogens is 268 g/mol. The van der Waals surface area contributed by atoms with Gasteiger partial charge in [0, 0.05) is 18.3 Å². The highest BCUT2D eigenvalue weighted by Crippen LogP contribution is 2.22. The van der Waals surface area contributed by atoms with Gasteiger partial charge in [0.25, 0.3) is 5.91 Å². The van der Waals surface area contributed by atoms with Gasteiger partial charge in [0.15, 0.2) is 5.82 Å². The van der Waals surface area contributed by atoms with Crippen LogP contribution in [0.1, 0.15) is 19.8 Å². The summed E-state index contributed by atoms with van der Waals surface area (Å²) < 4.78 is 7.21. The number of benzene rings is 1. The highest BCUT2D eigenvalue weighted by molar-refractivity contribution is 5.94. The molecule has 0 saturated carbocycles. The van der Waals surface area contributed by atoms with Crippen LogP contribution in [0.2, 0.25) is 0 Å². The number of aryl methyl sites for hydroxylation is 1. The van der Waals surface area contributed by atoms with Crippen molar-refractivity contribution in [3.05, 3.63) is 30.6 Å². The number of carbonyl (C=O) groups is 1. The average Bonchev–Trinajstić information content (AvgIpc) is 3.08. The van der Waals surface area contributed by atoms with Gasteiger partial charge in [-0.2, -0.15) is 5.10 Å². The molecule has 21 heavy (non-hydrogen) atoms. The van der Waals surface area contributed by atoms with Crippen LogP contribution in [0.4, 0.5) is 5.69 Å². The van der Waals surface area contributed by atoms with Gasteiger partial charge in [-0.25, -0.2) is 4.98 Å². The lowest BCUT2D eigenvalue weighted by Crippen LogP contribution is -2.27. The molecule has 1 aliphatic rings. The smallest absolute Gasteiger partial charge is 0.253 e. The second-order valence-corrected chi connectivity index (χ2v) is 5.32. The molecule has 1 aromatic heterocycles. The van der Waals surface area contributed by atoms with Gasteiger partial charge in [0.05, 0.1) is 6.10 Å². The molecule has 1 aliphatic heterocycles. The van der Waals surface area contributed by atoms with Crippen molar-refractivity contribution < 1.29 is 9.53 Å². The van der Waals surface area contributed by atoms with Crippen LogP contribution in [-0.2, 0) is 16.6 Å². The number of carbonyl (C=O) groups excluding carboxylic acids is 1. The van der Waals surface area contributed by atoms with Crippen molar-refractivity contribution in [2.45, 2.75) is 32.0 Å². The SMILES string of the molecule is CC1CCC(C(=O)Nc2ccc(-c3ncn(C)n3)cc2)O1. The summed E-state index contributed by atoms with van der Waals surface area (Å²) in [6, 6.07) is 7.48. The van der Waals surface area contributed by atoms with Crippen LogP contribution >= 0.6 is 0 Å². The Hall–Kier alpha value is -2.21. The van der Waals surface area contributed by atoms with Crippen molar-refractivity contribution in [3.8, 4) is 11.4 Å². The van der Waals surface area contributed by atoms with Crippen molar-refractivity contribution in [1.29, 1.82) is 0 Å². The van der Waals surface area contributed by atoms with Crippen LogP contribution in [0.15, 0.2) is 30.6 Å². The Morgan fingerprint density at radius 2 is 2.10 bits per heavy atom. The fourth-order valence-electron chi connectivity index (χ4n) is 2.39. The van der Waals surface area contributed by atoms with Crippen molar-refractivity contribution in [2.24, 2.45) is 7.05 Å². The monoisotopic (exact) mass is 286 g/mol. The van der Waals surface area contributed by atoms with Crippen LogP contribution in [-0.4, -0.2) is 32.9 Å². The zero-order valence-corrected chi connectivity index (χ0v) is 12.1. The van der Waals surface area contributed by atoms with E-state index < -0.39 is 0 Å². The lowest BCUT2D eigenvalue weighted by molar-refractivity contribution is -0.126. The molecule has 3 rings (SSSR count). The number of ether oxygens (including phenoxy) is 1. The minimum atomic E-state index is -0.336. The molecule has 0 aliphatic carbocycles. The van der Waals surface area contributed by atoms with Crippen LogP contribution in [0, 0.1) is 0 Å². The highest BCUT2D eigenvalue weighted by atomic mass is 16.5. The number of nitrogens with zero attached hydrogens (tertiary/aromatic N) is 3. The summed E-state index contributed by atoms with van der Waals surface area (Å²) in [4.78, 5) is 16.2. The van der Waals surface area contributed by atoms with E-state index in [2.05, 4.69) is 15.4 Å². The number of hydrogen-bond acceptors (Lipinski definition) is 4. The van der Waals surface area contributed by atoms with Gasteiger partial charge >= 0.3 is 0 Å². The van der Waals surface area contributed by atoms with E-state index in [1.54, 1.807) is 11.0 Å². The van der Waals surface area contributed by atoms with E-state index >= 15 is 0 Å². The summed E-state index contributed by atoms with van der Waals surface area (Å²) in [5.41, 5.74) is 1.67. The zero-order valence-electron chi connectivity index (χ0n) is 12.1. The lowest BCUT2D eigenvalue weighted by Gasteiger charge is -2.11. The van der Waals surface area contributed by atoms with E-state index in [1.165, 1.54) is 0 Å². The number of anilines is 1. The standard InChI is InChI=1S/C15H18N4O2/c1-10-3-8-13(21-10)15(20)17-12-6-4-11(5-7-12)14-16-9-19(2)18-14/h4-7,9-10,13H,3,8H2,1-2H3,(H,17,20). The number of hydrogen-bond donors (Lipinski definition) is 1. The van der Waals surface area contributed by atoms with Crippen LogP contribution in [0.3, 0.4) is 0 Å². The van der Waals surface area contributed by atoms with Gasteiger partial charge in [-0.1, -0.05) is 0 Å². The predicted molar refractivity (Wildman–Crippen MR) is 78.6 cm³/mol. The fourth-order valence-corrected chi connectivity index (χ4v) is 2.39. The molecule has 0 bridgehead atoms. The van der Waals surface area contributed by atoms with Crippen molar-refractivity contribution in [3.63, 3.8) is 0 Å². The quantitative estimate of drug-likeness (QED) is 0.937. The van der Waals surface area contributed by atoms with Crippen molar-refractivity contribution in [1.82, 2.24) is 14.8 Å². The maximum atomic E-state index is 12.1. The molecule has 1 aromatic carbocycles. The Kier molecular flexibility index (Phi) is 3.70. The molecule has 2 aromatic rings. The first-order valence-corrected chi connectivity index (χ1v) is 7.04. The number of aromatic nitrogens is 3. The third kappa shape index (κ3) is 3.11. The van der Waals surface area contributed by atoms with Gasteiger partial charge in [0.2, 0.25) is 0 Å². The molecule has 0 spiro atoms. The van der Waals surface area contributed by atoms with Gasteiger partial charge in [-0.15, -0.1) is 0 Å². The van der Waals surface area contributed by atoms with Gasteiger partial charge in [0.1, 0.15) is 12.4 Å². The molecule has 110 valence electrons. The Morgan fingerprint density at radius 1 is 1.33 bits per heavy atom. The van der Waals surface area contributed by atoms with E-state index in [0.29, 0.717) is 5.82 Å². The third-order valence-corrected chi connectivity index (χ3v) is 3.53. The van der Waals surface area contributed by atoms with E-state index in [9.17, 15) is 4.79 Å². The maximum absolute atomic E-state index is 12.1. The largest absolute Gasteiger partial charge is 0.365 e. The fraction of sp³-hybridized carbons (Fsp3) is 0.400. The van der Waals surface area contributed by atoms with Crippen molar-refractivity contribution in [2.75, 3.05) is 5.32 Å². The first kappa shape index (κ1) is 13.8. The summed E-state index contributed by atoms with van der Waals surface area (Å²) in [5.74, 6) is 0.589. The minimum Gasteiger partial charge on any atom is -0.365 e. The van der Waals surface area contributed by atoms with E-state index in [0.717, 1.165) is 24.1 Å². The van der Waals surface area contributed by atoms with E-state index in [-0.39, 0.29) is 18.1 Å². The Labute approximate surface area is 123 Å². The summed E-state index contributed by atoms with van der Waals surface area (Å²) in [6.07, 6.45) is 3.20. The van der Waals surface area contributed by atoms with Crippen LogP contribution in [0.25, 0.3) is 11.4 Å². The molecular formula is C15H18N4O2. The Morgan fingerprint density at radius 3 is 2.67 bits per heavy atom. The number of nitrogens with one attached hydrogen (secondary N) is 1. The van der Waals surface area contributed by atoms with Crippen LogP contribution in [0.5, 0.6) is 0 Å². The summed E-state index contributed by atoms with van der Waals surface area (Å²) >= 11 is 0.